The topological polar surface area (TPSA) is 35.2 Å². The molecule has 0 amide bonds. The quantitative estimate of drug-likeness (QED) is 0.807. The van der Waals surface area contributed by atoms with Crippen molar-refractivity contribution in [2.45, 2.75) is 19.6 Å². The lowest BCUT2D eigenvalue weighted by atomic mass is 10.1. The molecule has 0 spiro atoms. The van der Waals surface area contributed by atoms with E-state index in [0.29, 0.717) is 6.61 Å². The second-order valence-corrected chi connectivity index (χ2v) is 6.82. The van der Waals surface area contributed by atoms with Crippen LogP contribution in [0.1, 0.15) is 23.4 Å². The molecule has 1 unspecified atom stereocenters. The van der Waals surface area contributed by atoms with Gasteiger partial charge < -0.3 is 10.5 Å². The van der Waals surface area contributed by atoms with Crippen molar-refractivity contribution >= 4 is 43.2 Å². The summed E-state index contributed by atoms with van der Waals surface area (Å²) < 4.78 is 7.95. The molecule has 0 aliphatic heterocycles. The van der Waals surface area contributed by atoms with Crippen LogP contribution in [0, 0.1) is 0 Å². The molecule has 0 saturated carbocycles. The van der Waals surface area contributed by atoms with Crippen LogP contribution in [0.3, 0.4) is 0 Å². The van der Waals surface area contributed by atoms with Crippen LogP contribution in [0.15, 0.2) is 38.6 Å². The normalized spacial score (nSPS) is 12.4. The Morgan fingerprint density at radius 3 is 2.67 bits per heavy atom. The molecule has 1 aromatic carbocycles. The molecule has 0 bridgehead atoms. The van der Waals surface area contributed by atoms with E-state index < -0.39 is 0 Å². The summed E-state index contributed by atoms with van der Waals surface area (Å²) in [6.45, 7) is 2.52. The standard InChI is InChI=1S/C13H13Br2NOS/c1-8(16)12-5-9(14)2-3-13(12)17-6-11-4-10(15)7-18-11/h2-5,7-8H,6,16H2,1H3. The Balaban J connectivity index is 2.13. The Labute approximate surface area is 127 Å². The maximum atomic E-state index is 5.95. The molecule has 0 saturated heterocycles. The third-order valence-electron chi connectivity index (χ3n) is 2.45. The van der Waals surface area contributed by atoms with Gasteiger partial charge in [0.2, 0.25) is 0 Å². The molecule has 1 heterocycles. The van der Waals surface area contributed by atoms with Gasteiger partial charge in [0, 0.05) is 30.8 Å². The molecule has 96 valence electrons. The zero-order valence-corrected chi connectivity index (χ0v) is 13.8. The van der Waals surface area contributed by atoms with E-state index in [4.69, 9.17) is 10.5 Å². The minimum atomic E-state index is -0.0485. The van der Waals surface area contributed by atoms with Crippen LogP contribution in [0.2, 0.25) is 0 Å². The van der Waals surface area contributed by atoms with Crippen molar-refractivity contribution in [1.29, 1.82) is 0 Å². The van der Waals surface area contributed by atoms with Gasteiger partial charge in [-0.05, 0) is 47.1 Å². The number of thiophene rings is 1. The van der Waals surface area contributed by atoms with Gasteiger partial charge in [-0.3, -0.25) is 0 Å². The van der Waals surface area contributed by atoms with Crippen molar-refractivity contribution in [3.8, 4) is 5.75 Å². The maximum absolute atomic E-state index is 5.95. The molecule has 0 radical (unpaired) electrons. The van der Waals surface area contributed by atoms with Crippen LogP contribution in [-0.2, 0) is 6.61 Å². The number of ether oxygens (including phenoxy) is 1. The van der Waals surface area contributed by atoms with Crippen LogP contribution in [0.4, 0.5) is 0 Å². The molecule has 1 aromatic heterocycles. The van der Waals surface area contributed by atoms with Gasteiger partial charge in [0.05, 0.1) is 0 Å². The van der Waals surface area contributed by atoms with Gasteiger partial charge in [0.25, 0.3) is 0 Å². The van der Waals surface area contributed by atoms with Crippen LogP contribution in [-0.4, -0.2) is 0 Å². The van der Waals surface area contributed by atoms with Crippen molar-refractivity contribution < 1.29 is 4.74 Å². The van der Waals surface area contributed by atoms with E-state index >= 15 is 0 Å². The largest absolute Gasteiger partial charge is 0.488 e. The van der Waals surface area contributed by atoms with E-state index in [9.17, 15) is 0 Å². The van der Waals surface area contributed by atoms with Crippen LogP contribution < -0.4 is 10.5 Å². The number of nitrogens with two attached hydrogens (primary N) is 1. The van der Waals surface area contributed by atoms with E-state index in [1.165, 1.54) is 4.88 Å². The van der Waals surface area contributed by atoms with Crippen LogP contribution in [0.25, 0.3) is 0 Å². The summed E-state index contributed by atoms with van der Waals surface area (Å²) in [5, 5.41) is 2.05. The lowest BCUT2D eigenvalue weighted by Crippen LogP contribution is -2.08. The minimum absolute atomic E-state index is 0.0485. The SMILES string of the molecule is CC(N)c1cc(Br)ccc1OCc1cc(Br)cs1. The summed E-state index contributed by atoms with van der Waals surface area (Å²) in [5.74, 6) is 0.845. The summed E-state index contributed by atoms with van der Waals surface area (Å²) in [6.07, 6.45) is 0. The van der Waals surface area contributed by atoms with Gasteiger partial charge in [-0.15, -0.1) is 11.3 Å². The van der Waals surface area contributed by atoms with Gasteiger partial charge in [0.15, 0.2) is 0 Å². The first kappa shape index (κ1) is 14.1. The fraction of sp³-hybridized carbons (Fsp3) is 0.231. The Morgan fingerprint density at radius 2 is 2.06 bits per heavy atom. The first-order valence-electron chi connectivity index (χ1n) is 5.47. The zero-order chi connectivity index (χ0) is 13.1. The highest BCUT2D eigenvalue weighted by atomic mass is 79.9. The molecule has 5 heteroatoms. The van der Waals surface area contributed by atoms with Gasteiger partial charge in [-0.25, -0.2) is 0 Å². The van der Waals surface area contributed by atoms with E-state index in [1.54, 1.807) is 11.3 Å². The molecule has 0 fully saturated rings. The first-order chi connectivity index (χ1) is 8.56. The van der Waals surface area contributed by atoms with Gasteiger partial charge in [0.1, 0.15) is 12.4 Å². The second-order valence-electron chi connectivity index (χ2n) is 3.99. The van der Waals surface area contributed by atoms with Gasteiger partial charge in [-0.2, -0.15) is 0 Å². The summed E-state index contributed by atoms with van der Waals surface area (Å²) in [5.41, 5.74) is 6.96. The molecule has 1 atom stereocenters. The number of hydrogen-bond acceptors (Lipinski definition) is 3. The van der Waals surface area contributed by atoms with Crippen molar-refractivity contribution in [3.05, 3.63) is 49.0 Å². The highest BCUT2D eigenvalue weighted by molar-refractivity contribution is 9.10. The molecule has 0 aliphatic rings. The fourth-order valence-electron chi connectivity index (χ4n) is 1.58. The Morgan fingerprint density at radius 1 is 1.28 bits per heavy atom. The number of halogens is 2. The monoisotopic (exact) mass is 389 g/mol. The van der Waals surface area contributed by atoms with E-state index in [0.717, 1.165) is 20.3 Å². The highest BCUT2D eigenvalue weighted by Crippen LogP contribution is 2.29. The van der Waals surface area contributed by atoms with E-state index in [1.807, 2.05) is 30.5 Å². The summed E-state index contributed by atoms with van der Waals surface area (Å²) in [7, 11) is 0. The van der Waals surface area contributed by atoms with E-state index in [2.05, 4.69) is 37.9 Å². The number of hydrogen-bond donors (Lipinski definition) is 1. The summed E-state index contributed by atoms with van der Waals surface area (Å²) >= 11 is 8.56. The zero-order valence-electron chi connectivity index (χ0n) is 9.82. The molecule has 0 aliphatic carbocycles. The third kappa shape index (κ3) is 3.57. The molecule has 2 aromatic rings. The van der Waals surface area contributed by atoms with Crippen molar-refractivity contribution in [2.24, 2.45) is 5.73 Å². The fourth-order valence-corrected chi connectivity index (χ4v) is 3.33. The minimum Gasteiger partial charge on any atom is -0.488 e. The smallest absolute Gasteiger partial charge is 0.124 e. The van der Waals surface area contributed by atoms with Crippen molar-refractivity contribution in [1.82, 2.24) is 0 Å². The molecular formula is C13H13Br2NOS. The Hall–Kier alpha value is -0.360. The predicted octanol–water partition coefficient (Wildman–Crippen LogP) is 4.87. The number of rotatable bonds is 4. The van der Waals surface area contributed by atoms with Crippen LogP contribution in [0.5, 0.6) is 5.75 Å². The maximum Gasteiger partial charge on any atom is 0.124 e. The Kier molecular flexibility index (Phi) is 4.84. The molecule has 2 rings (SSSR count). The van der Waals surface area contributed by atoms with Crippen molar-refractivity contribution in [2.75, 3.05) is 0 Å². The molecule has 2 N–H and O–H groups in total. The average molecular weight is 391 g/mol. The van der Waals surface area contributed by atoms with Crippen molar-refractivity contribution in [3.63, 3.8) is 0 Å². The lowest BCUT2D eigenvalue weighted by molar-refractivity contribution is 0.305. The summed E-state index contributed by atoms with van der Waals surface area (Å²) in [4.78, 5) is 1.18. The lowest BCUT2D eigenvalue weighted by Gasteiger charge is -2.14. The average Bonchev–Trinajstić information content (AvgIpc) is 2.73. The van der Waals surface area contributed by atoms with Gasteiger partial charge >= 0.3 is 0 Å². The second kappa shape index (κ2) is 6.19. The molecule has 18 heavy (non-hydrogen) atoms. The summed E-state index contributed by atoms with van der Waals surface area (Å²) in [6, 6.07) is 7.93. The predicted molar refractivity (Wildman–Crippen MR) is 83.1 cm³/mol. The Bertz CT molecular complexity index is 540. The highest BCUT2D eigenvalue weighted by Gasteiger charge is 2.09. The molecule has 2 nitrogen and oxygen atoms in total. The van der Waals surface area contributed by atoms with Gasteiger partial charge in [-0.1, -0.05) is 15.9 Å². The van der Waals surface area contributed by atoms with E-state index in [-0.39, 0.29) is 6.04 Å². The number of benzene rings is 1. The third-order valence-corrected chi connectivity index (χ3v) is 4.62. The first-order valence-corrected chi connectivity index (χ1v) is 7.93. The van der Waals surface area contributed by atoms with Crippen LogP contribution >= 0.6 is 43.2 Å². The molecular weight excluding hydrogens is 378 g/mol.